The molecule has 0 aliphatic carbocycles. The Balaban J connectivity index is 1.41. The molecular formula is C19H23N5O2S. The van der Waals surface area contributed by atoms with Gasteiger partial charge in [0.25, 0.3) is 0 Å². The summed E-state index contributed by atoms with van der Waals surface area (Å²) in [6.45, 7) is 3.23. The molecule has 3 aliphatic rings. The van der Waals surface area contributed by atoms with Crippen LogP contribution in [0.2, 0.25) is 0 Å². The molecule has 0 radical (unpaired) electrons. The van der Waals surface area contributed by atoms with Gasteiger partial charge in [0.1, 0.15) is 5.82 Å². The summed E-state index contributed by atoms with van der Waals surface area (Å²) in [7, 11) is -2.99. The summed E-state index contributed by atoms with van der Waals surface area (Å²) in [5.74, 6) is 1.96. The van der Waals surface area contributed by atoms with Crippen LogP contribution < -0.4 is 15.1 Å². The fourth-order valence-electron chi connectivity index (χ4n) is 4.47. The van der Waals surface area contributed by atoms with Crippen molar-refractivity contribution in [3.8, 4) is 0 Å². The Hall–Kier alpha value is -2.19. The van der Waals surface area contributed by atoms with Crippen LogP contribution in [0.25, 0.3) is 0 Å². The minimum atomic E-state index is -2.99. The minimum Gasteiger partial charge on any atom is -0.350 e. The highest BCUT2D eigenvalue weighted by molar-refractivity contribution is 7.91. The lowest BCUT2D eigenvalue weighted by atomic mass is 10.0. The molecule has 0 unspecified atom stereocenters. The van der Waals surface area contributed by atoms with Crippen molar-refractivity contribution in [2.24, 2.45) is 0 Å². The second kappa shape index (κ2) is 6.45. The Morgan fingerprint density at radius 1 is 1.07 bits per heavy atom. The molecule has 3 aliphatic heterocycles. The second-order valence-corrected chi connectivity index (χ2v) is 9.71. The molecule has 0 amide bonds. The number of fused-ring (bicyclic) bond motifs is 2. The van der Waals surface area contributed by atoms with Gasteiger partial charge in [-0.1, -0.05) is 24.3 Å². The van der Waals surface area contributed by atoms with Crippen molar-refractivity contribution in [1.82, 2.24) is 15.3 Å². The molecule has 142 valence electrons. The highest BCUT2D eigenvalue weighted by Gasteiger charge is 2.43. The van der Waals surface area contributed by atoms with E-state index in [2.05, 4.69) is 44.4 Å². The zero-order chi connectivity index (χ0) is 18.4. The van der Waals surface area contributed by atoms with Gasteiger partial charge in [-0.05, 0) is 23.6 Å². The van der Waals surface area contributed by atoms with Crippen molar-refractivity contribution in [3.05, 3.63) is 47.7 Å². The normalized spacial score (nSPS) is 26.5. The summed E-state index contributed by atoms with van der Waals surface area (Å²) < 4.78 is 24.2. The van der Waals surface area contributed by atoms with E-state index in [0.717, 1.165) is 44.4 Å². The van der Waals surface area contributed by atoms with Gasteiger partial charge in [-0.15, -0.1) is 0 Å². The highest BCUT2D eigenvalue weighted by Crippen LogP contribution is 2.28. The van der Waals surface area contributed by atoms with E-state index in [-0.39, 0.29) is 23.6 Å². The van der Waals surface area contributed by atoms with Crippen molar-refractivity contribution in [2.45, 2.75) is 25.0 Å². The van der Waals surface area contributed by atoms with Crippen LogP contribution in [0.5, 0.6) is 0 Å². The first-order chi connectivity index (χ1) is 13.1. The van der Waals surface area contributed by atoms with Crippen molar-refractivity contribution < 1.29 is 8.42 Å². The highest BCUT2D eigenvalue weighted by atomic mass is 32.2. The molecule has 7 nitrogen and oxygen atoms in total. The number of hydrogen-bond donors (Lipinski definition) is 1. The summed E-state index contributed by atoms with van der Waals surface area (Å²) in [5.41, 5.74) is 2.72. The van der Waals surface area contributed by atoms with E-state index in [4.69, 9.17) is 4.98 Å². The molecule has 1 aromatic carbocycles. The van der Waals surface area contributed by atoms with E-state index in [0.29, 0.717) is 0 Å². The van der Waals surface area contributed by atoms with Crippen molar-refractivity contribution in [1.29, 1.82) is 0 Å². The quantitative estimate of drug-likeness (QED) is 0.812. The van der Waals surface area contributed by atoms with E-state index in [1.165, 1.54) is 11.1 Å². The summed E-state index contributed by atoms with van der Waals surface area (Å²) in [4.78, 5) is 13.7. The summed E-state index contributed by atoms with van der Waals surface area (Å²) in [5, 5.41) is 3.35. The molecule has 2 aromatic rings. The number of rotatable bonds is 2. The molecule has 27 heavy (non-hydrogen) atoms. The predicted octanol–water partition coefficient (Wildman–Crippen LogP) is 0.615. The largest absolute Gasteiger partial charge is 0.350 e. The number of benzene rings is 1. The van der Waals surface area contributed by atoms with Gasteiger partial charge in [-0.2, -0.15) is 4.98 Å². The molecule has 2 atom stereocenters. The topological polar surface area (TPSA) is 78.4 Å². The molecule has 1 N–H and O–H groups in total. The number of sulfone groups is 1. The maximum Gasteiger partial charge on any atom is 0.227 e. The number of anilines is 2. The van der Waals surface area contributed by atoms with Crippen LogP contribution in [0.1, 0.15) is 11.1 Å². The van der Waals surface area contributed by atoms with E-state index >= 15 is 0 Å². The van der Waals surface area contributed by atoms with Crippen LogP contribution >= 0.6 is 0 Å². The predicted molar refractivity (Wildman–Crippen MR) is 105 cm³/mol. The van der Waals surface area contributed by atoms with Crippen molar-refractivity contribution in [3.63, 3.8) is 0 Å². The molecule has 0 bridgehead atoms. The number of hydrogen-bond acceptors (Lipinski definition) is 7. The van der Waals surface area contributed by atoms with Gasteiger partial charge >= 0.3 is 0 Å². The number of piperazine rings is 1. The van der Waals surface area contributed by atoms with Crippen LogP contribution in [-0.2, 0) is 22.8 Å². The van der Waals surface area contributed by atoms with Gasteiger partial charge in [0.15, 0.2) is 9.84 Å². The average Bonchev–Trinajstić information content (AvgIpc) is 3.01. The molecule has 1 aromatic heterocycles. The minimum absolute atomic E-state index is 0.0102. The van der Waals surface area contributed by atoms with E-state index in [1.54, 1.807) is 6.20 Å². The van der Waals surface area contributed by atoms with E-state index in [1.807, 2.05) is 6.07 Å². The van der Waals surface area contributed by atoms with Crippen molar-refractivity contribution >= 4 is 21.6 Å². The van der Waals surface area contributed by atoms with Crippen LogP contribution in [0.3, 0.4) is 0 Å². The van der Waals surface area contributed by atoms with Crippen LogP contribution in [0.4, 0.5) is 11.8 Å². The molecule has 4 heterocycles. The van der Waals surface area contributed by atoms with E-state index in [9.17, 15) is 8.42 Å². The fraction of sp³-hybridized carbons (Fsp3) is 0.474. The van der Waals surface area contributed by atoms with Gasteiger partial charge in [-0.3, -0.25) is 0 Å². The third-order valence-electron chi connectivity index (χ3n) is 5.82. The standard InChI is InChI=1S/C19H23N5O2S/c25-27(26)12-16-17(13-27)24(10-8-20-16)18-5-7-21-19(22-18)23-9-6-14-3-1-2-4-15(14)11-23/h1-5,7,16-17,20H,6,8-13H2/t16-,17+/m0/s1. The molecule has 0 spiro atoms. The number of aromatic nitrogens is 2. The summed E-state index contributed by atoms with van der Waals surface area (Å²) in [6, 6.07) is 10.3. The Kier molecular flexibility index (Phi) is 4.05. The van der Waals surface area contributed by atoms with Crippen LogP contribution in [-0.4, -0.2) is 61.6 Å². The van der Waals surface area contributed by atoms with Gasteiger partial charge in [0.2, 0.25) is 5.95 Å². The first-order valence-corrected chi connectivity index (χ1v) is 11.3. The number of nitrogens with one attached hydrogen (secondary N) is 1. The zero-order valence-electron chi connectivity index (χ0n) is 15.1. The first kappa shape index (κ1) is 16.9. The molecule has 2 fully saturated rings. The Morgan fingerprint density at radius 2 is 1.93 bits per heavy atom. The lowest BCUT2D eigenvalue weighted by molar-refractivity contribution is 0.422. The molecular weight excluding hydrogens is 362 g/mol. The molecule has 0 saturated carbocycles. The summed E-state index contributed by atoms with van der Waals surface area (Å²) in [6.07, 6.45) is 2.78. The van der Waals surface area contributed by atoms with Gasteiger partial charge in [-0.25, -0.2) is 13.4 Å². The Bertz CT molecular complexity index is 964. The third kappa shape index (κ3) is 3.17. The first-order valence-electron chi connectivity index (χ1n) is 9.44. The molecule has 5 rings (SSSR count). The van der Waals surface area contributed by atoms with Gasteiger partial charge in [0, 0.05) is 38.4 Å². The van der Waals surface area contributed by atoms with Gasteiger partial charge < -0.3 is 15.1 Å². The fourth-order valence-corrected chi connectivity index (χ4v) is 6.43. The second-order valence-electron chi connectivity index (χ2n) is 7.55. The van der Waals surface area contributed by atoms with Gasteiger partial charge in [0.05, 0.1) is 17.5 Å². The Morgan fingerprint density at radius 3 is 2.81 bits per heavy atom. The van der Waals surface area contributed by atoms with Crippen molar-refractivity contribution in [2.75, 3.05) is 40.9 Å². The smallest absolute Gasteiger partial charge is 0.227 e. The monoisotopic (exact) mass is 385 g/mol. The van der Waals surface area contributed by atoms with E-state index < -0.39 is 9.84 Å². The molecule has 2 saturated heterocycles. The maximum atomic E-state index is 12.1. The maximum absolute atomic E-state index is 12.1. The molecule has 8 heteroatoms. The average molecular weight is 385 g/mol. The summed E-state index contributed by atoms with van der Waals surface area (Å²) >= 11 is 0. The number of nitrogens with zero attached hydrogens (tertiary/aromatic N) is 4. The lowest BCUT2D eigenvalue weighted by Gasteiger charge is -2.38. The zero-order valence-corrected chi connectivity index (χ0v) is 15.9. The lowest BCUT2D eigenvalue weighted by Crippen LogP contribution is -2.57. The Labute approximate surface area is 159 Å². The SMILES string of the molecule is O=S1(=O)C[C@@H]2NCCN(c3ccnc(N4CCc5ccccc5C4)n3)[C@@H]2C1. The van der Waals surface area contributed by atoms with Crippen LogP contribution in [0, 0.1) is 0 Å². The van der Waals surface area contributed by atoms with Crippen LogP contribution in [0.15, 0.2) is 36.5 Å². The third-order valence-corrected chi connectivity index (χ3v) is 7.53.